The smallest absolute Gasteiger partial charge is 0.250 e. The summed E-state index contributed by atoms with van der Waals surface area (Å²) in [5.74, 6) is 0. The summed E-state index contributed by atoms with van der Waals surface area (Å²) in [6.45, 7) is -0.315. The van der Waals surface area contributed by atoms with Crippen LogP contribution in [0.4, 0.5) is 5.69 Å². The molecule has 7 heteroatoms. The fraction of sp³-hybridized carbons (Fsp3) is 0.167. The number of hydrogen-bond donors (Lipinski definition) is 3. The van der Waals surface area contributed by atoms with E-state index in [2.05, 4.69) is 4.72 Å². The molecule has 1 aromatic heterocycles. The van der Waals surface area contributed by atoms with Crippen molar-refractivity contribution in [3.05, 3.63) is 47.3 Å². The largest absolute Gasteiger partial charge is 0.398 e. The topological polar surface area (TPSA) is 92.4 Å². The number of nitrogen functional groups attached to an aromatic ring is 1. The van der Waals surface area contributed by atoms with E-state index in [0.29, 0.717) is 11.3 Å². The number of nitrogens with two attached hydrogens (primary N) is 1. The number of hydrogen-bond acceptors (Lipinski definition) is 5. The van der Waals surface area contributed by atoms with Gasteiger partial charge in [-0.2, -0.15) is 0 Å². The van der Waals surface area contributed by atoms with Crippen molar-refractivity contribution in [2.24, 2.45) is 0 Å². The molecule has 0 aliphatic heterocycles. The molecule has 0 aliphatic carbocycles. The standard InChI is InChI=1S/C12H14N2O3S2/c13-10-6-12(18-8-10)19(16,17)14-11(7-15)9-4-2-1-3-5-9/h1-6,8,11,14-15H,7,13H2. The van der Waals surface area contributed by atoms with Gasteiger partial charge in [0.1, 0.15) is 4.21 Å². The van der Waals surface area contributed by atoms with Crippen LogP contribution in [-0.4, -0.2) is 20.1 Å². The highest BCUT2D eigenvalue weighted by Crippen LogP contribution is 2.23. The van der Waals surface area contributed by atoms with E-state index in [9.17, 15) is 13.5 Å². The van der Waals surface area contributed by atoms with Crippen LogP contribution in [0.5, 0.6) is 0 Å². The van der Waals surface area contributed by atoms with Crippen LogP contribution in [0.15, 0.2) is 46.0 Å². The Bertz CT molecular complexity index is 638. The fourth-order valence-electron chi connectivity index (χ4n) is 1.61. The predicted octanol–water partition coefficient (Wildman–Crippen LogP) is 1.34. The number of aliphatic hydroxyl groups is 1. The van der Waals surface area contributed by atoms with Gasteiger partial charge in [-0.25, -0.2) is 13.1 Å². The van der Waals surface area contributed by atoms with Gasteiger partial charge in [0, 0.05) is 11.1 Å². The number of sulfonamides is 1. The van der Waals surface area contributed by atoms with Crippen molar-refractivity contribution < 1.29 is 13.5 Å². The first-order valence-electron chi connectivity index (χ1n) is 5.55. The van der Waals surface area contributed by atoms with E-state index in [4.69, 9.17) is 5.73 Å². The van der Waals surface area contributed by atoms with E-state index < -0.39 is 16.1 Å². The van der Waals surface area contributed by atoms with Crippen LogP contribution in [0.3, 0.4) is 0 Å². The Balaban J connectivity index is 2.23. The number of benzene rings is 1. The minimum absolute atomic E-state index is 0.138. The van der Waals surface area contributed by atoms with Gasteiger partial charge in [0.2, 0.25) is 0 Å². The van der Waals surface area contributed by atoms with Crippen molar-refractivity contribution in [1.29, 1.82) is 0 Å². The molecule has 0 amide bonds. The summed E-state index contributed by atoms with van der Waals surface area (Å²) in [5, 5.41) is 10.9. The molecule has 0 saturated heterocycles. The quantitative estimate of drug-likeness (QED) is 0.776. The SMILES string of the molecule is Nc1csc(S(=O)(=O)NC(CO)c2ccccc2)c1. The second kappa shape index (κ2) is 5.70. The molecule has 0 fully saturated rings. The third-order valence-corrected chi connectivity index (χ3v) is 5.47. The van der Waals surface area contributed by atoms with Gasteiger partial charge in [0.05, 0.1) is 12.6 Å². The molecule has 0 aliphatic rings. The molecule has 2 aromatic rings. The van der Waals surface area contributed by atoms with Crippen LogP contribution in [0.1, 0.15) is 11.6 Å². The molecule has 0 bridgehead atoms. The lowest BCUT2D eigenvalue weighted by atomic mass is 10.1. The molecule has 0 spiro atoms. The average molecular weight is 298 g/mol. The summed E-state index contributed by atoms with van der Waals surface area (Å²) < 4.78 is 26.8. The van der Waals surface area contributed by atoms with Gasteiger partial charge in [-0.15, -0.1) is 11.3 Å². The summed E-state index contributed by atoms with van der Waals surface area (Å²) in [4.78, 5) is 0. The van der Waals surface area contributed by atoms with Gasteiger partial charge < -0.3 is 10.8 Å². The molecular weight excluding hydrogens is 284 g/mol. The van der Waals surface area contributed by atoms with Crippen molar-refractivity contribution in [2.75, 3.05) is 12.3 Å². The van der Waals surface area contributed by atoms with Gasteiger partial charge in [-0.1, -0.05) is 30.3 Å². The Morgan fingerprint density at radius 1 is 1.32 bits per heavy atom. The minimum Gasteiger partial charge on any atom is -0.398 e. The van der Waals surface area contributed by atoms with Gasteiger partial charge >= 0.3 is 0 Å². The summed E-state index contributed by atoms with van der Waals surface area (Å²) >= 11 is 1.05. The number of aliphatic hydroxyl groups excluding tert-OH is 1. The van der Waals surface area contributed by atoms with Crippen molar-refractivity contribution in [3.8, 4) is 0 Å². The van der Waals surface area contributed by atoms with Crippen LogP contribution in [0.2, 0.25) is 0 Å². The summed E-state index contributed by atoms with van der Waals surface area (Å²) in [6, 6.07) is 9.64. The molecule has 4 N–H and O–H groups in total. The zero-order valence-corrected chi connectivity index (χ0v) is 11.6. The predicted molar refractivity (Wildman–Crippen MR) is 75.3 cm³/mol. The summed E-state index contributed by atoms with van der Waals surface area (Å²) in [5.41, 5.74) is 6.63. The Labute approximate surface area is 115 Å². The fourth-order valence-corrected chi connectivity index (χ4v) is 3.92. The van der Waals surface area contributed by atoms with Crippen LogP contribution in [0, 0.1) is 0 Å². The van der Waals surface area contributed by atoms with Crippen molar-refractivity contribution in [2.45, 2.75) is 10.3 Å². The molecule has 1 aromatic carbocycles. The molecule has 1 atom stereocenters. The highest BCUT2D eigenvalue weighted by atomic mass is 32.2. The van der Waals surface area contributed by atoms with Crippen molar-refractivity contribution in [3.63, 3.8) is 0 Å². The average Bonchev–Trinajstić information content (AvgIpc) is 2.85. The zero-order chi connectivity index (χ0) is 13.9. The Kier molecular flexibility index (Phi) is 4.20. The van der Waals surface area contributed by atoms with E-state index in [1.807, 2.05) is 6.07 Å². The second-order valence-electron chi connectivity index (χ2n) is 3.97. The lowest BCUT2D eigenvalue weighted by Crippen LogP contribution is -2.30. The molecular formula is C12H14N2O3S2. The highest BCUT2D eigenvalue weighted by molar-refractivity contribution is 7.91. The van der Waals surface area contributed by atoms with E-state index >= 15 is 0 Å². The molecule has 1 unspecified atom stereocenters. The molecule has 1 heterocycles. The molecule has 0 saturated carbocycles. The first-order valence-corrected chi connectivity index (χ1v) is 7.91. The number of nitrogens with one attached hydrogen (secondary N) is 1. The van der Waals surface area contributed by atoms with Crippen LogP contribution in [-0.2, 0) is 10.0 Å². The zero-order valence-electron chi connectivity index (χ0n) is 9.98. The van der Waals surface area contributed by atoms with Crippen molar-refractivity contribution in [1.82, 2.24) is 4.72 Å². The maximum atomic E-state index is 12.1. The van der Waals surface area contributed by atoms with Gasteiger partial charge in [-0.3, -0.25) is 0 Å². The van der Waals surface area contributed by atoms with Gasteiger partial charge in [-0.05, 0) is 11.6 Å². The maximum absolute atomic E-state index is 12.1. The monoisotopic (exact) mass is 298 g/mol. The van der Waals surface area contributed by atoms with Crippen LogP contribution in [0.25, 0.3) is 0 Å². The Morgan fingerprint density at radius 2 is 2.00 bits per heavy atom. The van der Waals surface area contributed by atoms with Gasteiger partial charge in [0.25, 0.3) is 10.0 Å². The van der Waals surface area contributed by atoms with E-state index in [-0.39, 0.29) is 10.8 Å². The molecule has 2 rings (SSSR count). The number of anilines is 1. The van der Waals surface area contributed by atoms with Crippen molar-refractivity contribution >= 4 is 27.0 Å². The molecule has 5 nitrogen and oxygen atoms in total. The third-order valence-electron chi connectivity index (χ3n) is 2.54. The maximum Gasteiger partial charge on any atom is 0.250 e. The van der Waals surface area contributed by atoms with Gasteiger partial charge in [0.15, 0.2) is 0 Å². The van der Waals surface area contributed by atoms with Crippen LogP contribution < -0.4 is 10.5 Å². The lowest BCUT2D eigenvalue weighted by molar-refractivity contribution is 0.259. The van der Waals surface area contributed by atoms with E-state index in [1.54, 1.807) is 29.6 Å². The van der Waals surface area contributed by atoms with Crippen LogP contribution >= 0.6 is 11.3 Å². The lowest BCUT2D eigenvalue weighted by Gasteiger charge is -2.16. The minimum atomic E-state index is -3.67. The van der Waals surface area contributed by atoms with E-state index in [0.717, 1.165) is 11.3 Å². The Morgan fingerprint density at radius 3 is 2.53 bits per heavy atom. The first kappa shape index (κ1) is 14.0. The normalized spacial score (nSPS) is 13.3. The molecule has 19 heavy (non-hydrogen) atoms. The Hall–Kier alpha value is -1.41. The molecule has 0 radical (unpaired) electrons. The molecule has 102 valence electrons. The third kappa shape index (κ3) is 3.32. The highest BCUT2D eigenvalue weighted by Gasteiger charge is 2.22. The summed E-state index contributed by atoms with van der Waals surface area (Å²) in [7, 11) is -3.67. The number of thiophene rings is 1. The second-order valence-corrected chi connectivity index (χ2v) is 6.82. The summed E-state index contributed by atoms with van der Waals surface area (Å²) in [6.07, 6.45) is 0. The van der Waals surface area contributed by atoms with E-state index in [1.165, 1.54) is 6.07 Å². The first-order chi connectivity index (χ1) is 9.03. The number of rotatable bonds is 5.